The van der Waals surface area contributed by atoms with Crippen LogP contribution < -0.4 is 10.2 Å². The molecule has 1 amide bonds. The van der Waals surface area contributed by atoms with E-state index < -0.39 is 0 Å². The third-order valence-electron chi connectivity index (χ3n) is 5.27. The molecular weight excluding hydrogens is 380 g/mol. The molecule has 4 rings (SSSR count). The number of carbonyl (C=O) groups excluding carboxylic acids is 1. The molecular formula is C21H28N8O. The summed E-state index contributed by atoms with van der Waals surface area (Å²) < 4.78 is 1.68. The summed E-state index contributed by atoms with van der Waals surface area (Å²) in [5, 5.41) is 7.49. The molecule has 1 aliphatic rings. The van der Waals surface area contributed by atoms with Gasteiger partial charge in [-0.3, -0.25) is 9.69 Å². The van der Waals surface area contributed by atoms with Crippen LogP contribution in [0.4, 0.5) is 5.82 Å². The van der Waals surface area contributed by atoms with Crippen LogP contribution in [0.2, 0.25) is 0 Å². The first-order valence-electron chi connectivity index (χ1n) is 10.4. The van der Waals surface area contributed by atoms with Gasteiger partial charge in [-0.05, 0) is 39.0 Å². The van der Waals surface area contributed by atoms with E-state index in [0.29, 0.717) is 11.6 Å². The molecule has 3 aromatic rings. The number of nitrogens with one attached hydrogen (secondary N) is 1. The average Bonchev–Trinajstić information content (AvgIpc) is 3.11. The second-order valence-corrected chi connectivity index (χ2v) is 7.90. The monoisotopic (exact) mass is 408 g/mol. The van der Waals surface area contributed by atoms with E-state index in [9.17, 15) is 4.79 Å². The van der Waals surface area contributed by atoms with Gasteiger partial charge >= 0.3 is 0 Å². The Labute approximate surface area is 176 Å². The van der Waals surface area contributed by atoms with E-state index in [2.05, 4.69) is 35.2 Å². The number of piperazine rings is 1. The predicted molar refractivity (Wildman–Crippen MR) is 114 cm³/mol. The van der Waals surface area contributed by atoms with Gasteiger partial charge in [-0.25, -0.2) is 14.5 Å². The Morgan fingerprint density at radius 2 is 1.97 bits per heavy atom. The number of nitrogens with zero attached hydrogens (tertiary/aromatic N) is 7. The standard InChI is InChI=1S/C21H28N8O/c1-15-12-17(3)29-21(24-15)25-18(26-29)13-20(30)23-16(2)14-27-8-10-28(11-9-27)19-6-4-5-7-22-19/h4-7,12,16H,8-11,13-14H2,1-3H3,(H,23,30). The maximum absolute atomic E-state index is 12.5. The number of hydrogen-bond acceptors (Lipinski definition) is 7. The van der Waals surface area contributed by atoms with Gasteiger partial charge in [0.15, 0.2) is 5.82 Å². The predicted octanol–water partition coefficient (Wildman–Crippen LogP) is 1.01. The van der Waals surface area contributed by atoms with Crippen LogP contribution >= 0.6 is 0 Å². The molecule has 0 bridgehead atoms. The lowest BCUT2D eigenvalue weighted by molar-refractivity contribution is -0.121. The number of aromatic nitrogens is 5. The molecule has 0 radical (unpaired) electrons. The number of anilines is 1. The van der Waals surface area contributed by atoms with Crippen LogP contribution in [0.25, 0.3) is 5.78 Å². The average molecular weight is 409 g/mol. The Morgan fingerprint density at radius 3 is 2.70 bits per heavy atom. The highest BCUT2D eigenvalue weighted by molar-refractivity contribution is 5.78. The number of pyridine rings is 1. The first-order valence-corrected chi connectivity index (χ1v) is 10.4. The highest BCUT2D eigenvalue weighted by Crippen LogP contribution is 2.12. The first-order chi connectivity index (χ1) is 14.5. The Bertz CT molecular complexity index is 1010. The molecule has 3 aromatic heterocycles. The maximum Gasteiger partial charge on any atom is 0.252 e. The SMILES string of the molecule is Cc1cc(C)n2nc(CC(=O)NC(C)CN3CCN(c4ccccn4)CC3)nc2n1. The summed E-state index contributed by atoms with van der Waals surface area (Å²) in [6.45, 7) is 10.5. The van der Waals surface area contributed by atoms with E-state index in [1.54, 1.807) is 4.52 Å². The first kappa shape index (κ1) is 20.2. The molecule has 0 aliphatic carbocycles. The lowest BCUT2D eigenvalue weighted by Gasteiger charge is -2.36. The van der Waals surface area contributed by atoms with Crippen molar-refractivity contribution in [2.24, 2.45) is 0 Å². The number of fused-ring (bicyclic) bond motifs is 1. The van der Waals surface area contributed by atoms with Gasteiger partial charge in [-0.15, -0.1) is 5.10 Å². The largest absolute Gasteiger partial charge is 0.354 e. The van der Waals surface area contributed by atoms with Crippen molar-refractivity contribution in [2.75, 3.05) is 37.6 Å². The molecule has 158 valence electrons. The molecule has 1 unspecified atom stereocenters. The molecule has 0 spiro atoms. The third kappa shape index (κ3) is 4.73. The Kier molecular flexibility index (Phi) is 5.89. The second kappa shape index (κ2) is 8.74. The molecule has 1 atom stereocenters. The van der Waals surface area contributed by atoms with E-state index in [-0.39, 0.29) is 18.4 Å². The summed E-state index contributed by atoms with van der Waals surface area (Å²) in [5.74, 6) is 1.98. The number of hydrogen-bond donors (Lipinski definition) is 1. The van der Waals surface area contributed by atoms with Gasteiger partial charge in [0.25, 0.3) is 5.78 Å². The topological polar surface area (TPSA) is 91.6 Å². The quantitative estimate of drug-likeness (QED) is 0.651. The Hall–Kier alpha value is -3.07. The summed E-state index contributed by atoms with van der Waals surface area (Å²) in [6.07, 6.45) is 1.98. The minimum Gasteiger partial charge on any atom is -0.354 e. The number of aryl methyl sites for hydroxylation is 2. The second-order valence-electron chi connectivity index (χ2n) is 7.90. The van der Waals surface area contributed by atoms with Gasteiger partial charge in [0.2, 0.25) is 5.91 Å². The molecule has 0 aromatic carbocycles. The van der Waals surface area contributed by atoms with Crippen LogP contribution in [-0.4, -0.2) is 74.1 Å². The fourth-order valence-corrected chi connectivity index (χ4v) is 3.89. The molecule has 9 heteroatoms. The third-order valence-corrected chi connectivity index (χ3v) is 5.27. The number of amides is 1. The van der Waals surface area contributed by atoms with Gasteiger partial charge in [0, 0.05) is 56.4 Å². The molecule has 1 N–H and O–H groups in total. The molecule has 4 heterocycles. The lowest BCUT2D eigenvalue weighted by Crippen LogP contribution is -2.51. The van der Waals surface area contributed by atoms with Crippen molar-refractivity contribution in [1.82, 2.24) is 34.8 Å². The van der Waals surface area contributed by atoms with Gasteiger partial charge in [-0.1, -0.05) is 6.07 Å². The van der Waals surface area contributed by atoms with Crippen molar-refractivity contribution in [3.8, 4) is 0 Å². The summed E-state index contributed by atoms with van der Waals surface area (Å²) in [4.78, 5) is 30.3. The molecule has 1 aliphatic heterocycles. The lowest BCUT2D eigenvalue weighted by atomic mass is 10.2. The van der Waals surface area contributed by atoms with E-state index in [4.69, 9.17) is 0 Å². The zero-order chi connectivity index (χ0) is 21.1. The smallest absolute Gasteiger partial charge is 0.252 e. The molecule has 1 fully saturated rings. The Balaban J connectivity index is 1.26. The zero-order valence-electron chi connectivity index (χ0n) is 17.7. The maximum atomic E-state index is 12.5. The minimum absolute atomic E-state index is 0.0537. The molecule has 1 saturated heterocycles. The fourth-order valence-electron chi connectivity index (χ4n) is 3.89. The van der Waals surface area contributed by atoms with Gasteiger partial charge in [-0.2, -0.15) is 4.98 Å². The molecule has 0 saturated carbocycles. The van der Waals surface area contributed by atoms with Gasteiger partial charge < -0.3 is 10.2 Å². The van der Waals surface area contributed by atoms with Gasteiger partial charge in [0.1, 0.15) is 5.82 Å². The molecule has 9 nitrogen and oxygen atoms in total. The van der Waals surface area contributed by atoms with Crippen LogP contribution in [0.3, 0.4) is 0 Å². The summed E-state index contributed by atoms with van der Waals surface area (Å²) in [7, 11) is 0. The van der Waals surface area contributed by atoms with E-state index in [1.807, 2.05) is 51.2 Å². The highest BCUT2D eigenvalue weighted by Gasteiger charge is 2.20. The van der Waals surface area contributed by atoms with Crippen molar-refractivity contribution in [1.29, 1.82) is 0 Å². The van der Waals surface area contributed by atoms with Gasteiger partial charge in [0.05, 0.1) is 6.42 Å². The van der Waals surface area contributed by atoms with Crippen LogP contribution in [-0.2, 0) is 11.2 Å². The van der Waals surface area contributed by atoms with Crippen molar-refractivity contribution in [3.63, 3.8) is 0 Å². The van der Waals surface area contributed by atoms with E-state index in [1.165, 1.54) is 0 Å². The van der Waals surface area contributed by atoms with Crippen molar-refractivity contribution in [3.05, 3.63) is 47.7 Å². The number of carbonyl (C=O) groups is 1. The minimum atomic E-state index is -0.0695. The highest BCUT2D eigenvalue weighted by atomic mass is 16.1. The van der Waals surface area contributed by atoms with Crippen LogP contribution in [0.1, 0.15) is 24.1 Å². The van der Waals surface area contributed by atoms with Crippen molar-refractivity contribution < 1.29 is 4.79 Å². The normalized spacial score (nSPS) is 16.0. The van der Waals surface area contributed by atoms with Crippen LogP contribution in [0.5, 0.6) is 0 Å². The summed E-state index contributed by atoms with van der Waals surface area (Å²) in [5.41, 5.74) is 1.84. The van der Waals surface area contributed by atoms with Crippen molar-refractivity contribution in [2.45, 2.75) is 33.2 Å². The Morgan fingerprint density at radius 1 is 1.17 bits per heavy atom. The zero-order valence-corrected chi connectivity index (χ0v) is 17.7. The van der Waals surface area contributed by atoms with E-state index >= 15 is 0 Å². The molecule has 30 heavy (non-hydrogen) atoms. The van der Waals surface area contributed by atoms with Crippen molar-refractivity contribution >= 4 is 17.5 Å². The van der Waals surface area contributed by atoms with E-state index in [0.717, 1.165) is 49.9 Å². The number of rotatable bonds is 6. The fraction of sp³-hybridized carbons (Fsp3) is 0.476. The van der Waals surface area contributed by atoms with Crippen LogP contribution in [0, 0.1) is 13.8 Å². The summed E-state index contributed by atoms with van der Waals surface area (Å²) >= 11 is 0. The van der Waals surface area contributed by atoms with Crippen LogP contribution in [0.15, 0.2) is 30.5 Å². The summed E-state index contributed by atoms with van der Waals surface area (Å²) in [6, 6.07) is 8.00.